The maximum absolute atomic E-state index is 12.0. The molecule has 0 saturated carbocycles. The number of thiophene rings is 1. The van der Waals surface area contributed by atoms with E-state index >= 15 is 0 Å². The molecule has 0 radical (unpaired) electrons. The van der Waals surface area contributed by atoms with Gasteiger partial charge in [-0.2, -0.15) is 11.3 Å². The fraction of sp³-hybridized carbons (Fsp3) is 0.571. The first-order valence-corrected chi connectivity index (χ1v) is 8.05. The van der Waals surface area contributed by atoms with Crippen molar-refractivity contribution in [3.63, 3.8) is 0 Å². The largest absolute Gasteiger partial charge is 0.357 e. The molecular weight excluding hydrogens is 272 g/mol. The zero-order valence-electron chi connectivity index (χ0n) is 11.9. The molecule has 6 heteroatoms. The molecule has 1 saturated heterocycles. The van der Waals surface area contributed by atoms with Crippen molar-refractivity contribution in [3.8, 4) is 0 Å². The van der Waals surface area contributed by atoms with Crippen LogP contribution in [0.3, 0.4) is 0 Å². The molecule has 1 fully saturated rings. The van der Waals surface area contributed by atoms with Crippen molar-refractivity contribution in [3.05, 3.63) is 22.4 Å². The van der Waals surface area contributed by atoms with Crippen LogP contribution in [0.1, 0.15) is 25.3 Å². The van der Waals surface area contributed by atoms with Crippen LogP contribution >= 0.6 is 11.3 Å². The molecule has 1 amide bonds. The van der Waals surface area contributed by atoms with Gasteiger partial charge in [0.2, 0.25) is 5.91 Å². The minimum absolute atomic E-state index is 0.156. The number of nitrogens with zero attached hydrogens (tertiary/aromatic N) is 2. The van der Waals surface area contributed by atoms with E-state index in [1.165, 1.54) is 5.56 Å². The summed E-state index contributed by atoms with van der Waals surface area (Å²) in [6, 6.07) is 2.06. The van der Waals surface area contributed by atoms with Gasteiger partial charge in [0.05, 0.1) is 13.1 Å². The molecule has 5 nitrogen and oxygen atoms in total. The van der Waals surface area contributed by atoms with E-state index in [0.29, 0.717) is 19.0 Å². The lowest BCUT2D eigenvalue weighted by molar-refractivity contribution is -0.128. The summed E-state index contributed by atoms with van der Waals surface area (Å²) in [4.78, 5) is 18.4. The smallest absolute Gasteiger partial charge is 0.241 e. The Bertz CT molecular complexity index is 438. The van der Waals surface area contributed by atoms with Crippen molar-refractivity contribution >= 4 is 23.2 Å². The molecular formula is C14H22N4OS. The Morgan fingerprint density at radius 2 is 2.20 bits per heavy atom. The van der Waals surface area contributed by atoms with E-state index in [-0.39, 0.29) is 5.91 Å². The van der Waals surface area contributed by atoms with Crippen LogP contribution in [0.2, 0.25) is 0 Å². The van der Waals surface area contributed by atoms with E-state index in [1.807, 2.05) is 17.2 Å². The fourth-order valence-corrected chi connectivity index (χ4v) is 2.79. The van der Waals surface area contributed by atoms with Gasteiger partial charge in [0.1, 0.15) is 0 Å². The second-order valence-electron chi connectivity index (χ2n) is 4.77. The van der Waals surface area contributed by atoms with Crippen molar-refractivity contribution in [1.29, 1.82) is 0 Å². The number of likely N-dealkylation sites (tertiary alicyclic amines) is 1. The van der Waals surface area contributed by atoms with Crippen molar-refractivity contribution in [1.82, 2.24) is 15.5 Å². The van der Waals surface area contributed by atoms with Crippen LogP contribution in [-0.4, -0.2) is 42.9 Å². The number of carbonyl (C=O) groups is 1. The maximum atomic E-state index is 12.0. The summed E-state index contributed by atoms with van der Waals surface area (Å²) in [7, 11) is 0. The Morgan fingerprint density at radius 1 is 1.40 bits per heavy atom. The van der Waals surface area contributed by atoms with Crippen molar-refractivity contribution in [2.24, 2.45) is 4.99 Å². The topological polar surface area (TPSA) is 56.7 Å². The van der Waals surface area contributed by atoms with Gasteiger partial charge in [-0.3, -0.25) is 4.79 Å². The highest BCUT2D eigenvalue weighted by Crippen LogP contribution is 2.07. The highest BCUT2D eigenvalue weighted by atomic mass is 32.1. The molecule has 0 unspecified atom stereocenters. The van der Waals surface area contributed by atoms with Crippen molar-refractivity contribution in [2.75, 3.05) is 26.2 Å². The Morgan fingerprint density at radius 3 is 2.85 bits per heavy atom. The summed E-state index contributed by atoms with van der Waals surface area (Å²) in [5.74, 6) is 0.856. The molecule has 1 aliphatic heterocycles. The number of carbonyl (C=O) groups excluding carboxylic acids is 1. The van der Waals surface area contributed by atoms with Crippen LogP contribution in [0.15, 0.2) is 21.8 Å². The lowest BCUT2D eigenvalue weighted by Gasteiger charge is -2.17. The minimum Gasteiger partial charge on any atom is -0.357 e. The number of hydrogen-bond acceptors (Lipinski definition) is 3. The molecule has 0 spiro atoms. The highest BCUT2D eigenvalue weighted by Gasteiger charge is 2.17. The van der Waals surface area contributed by atoms with Gasteiger partial charge in [0.15, 0.2) is 5.96 Å². The van der Waals surface area contributed by atoms with E-state index in [1.54, 1.807) is 11.3 Å². The molecule has 1 aromatic heterocycles. The quantitative estimate of drug-likeness (QED) is 0.638. The van der Waals surface area contributed by atoms with Gasteiger partial charge >= 0.3 is 0 Å². The molecule has 0 atom stereocenters. The number of hydrogen-bond donors (Lipinski definition) is 2. The van der Waals surface area contributed by atoms with E-state index in [9.17, 15) is 4.79 Å². The van der Waals surface area contributed by atoms with E-state index in [2.05, 4.69) is 27.1 Å². The third-order valence-corrected chi connectivity index (χ3v) is 3.94. The first kappa shape index (κ1) is 14.8. The lowest BCUT2D eigenvalue weighted by atomic mass is 10.3. The third-order valence-electron chi connectivity index (χ3n) is 3.21. The standard InChI is InChI=1S/C14H22N4OS/c1-2-15-14(16-9-12-5-8-20-11-12)17-10-13(19)18-6-3-4-7-18/h5,8,11H,2-4,6-7,9-10H2,1H3,(H2,15,16,17). The van der Waals surface area contributed by atoms with E-state index in [4.69, 9.17) is 0 Å². The summed E-state index contributed by atoms with van der Waals surface area (Å²) in [5.41, 5.74) is 1.19. The number of guanidine groups is 1. The predicted octanol–water partition coefficient (Wildman–Crippen LogP) is 1.43. The molecule has 2 N–H and O–H groups in total. The van der Waals surface area contributed by atoms with Crippen LogP contribution in [-0.2, 0) is 11.3 Å². The Hall–Kier alpha value is -1.56. The number of aliphatic imine (C=N–C) groups is 1. The molecule has 2 heterocycles. The predicted molar refractivity (Wildman–Crippen MR) is 83.0 cm³/mol. The van der Waals surface area contributed by atoms with Crippen molar-refractivity contribution in [2.45, 2.75) is 26.3 Å². The van der Waals surface area contributed by atoms with Gasteiger partial charge in [0, 0.05) is 19.6 Å². The van der Waals surface area contributed by atoms with Crippen LogP contribution in [0.5, 0.6) is 0 Å². The third kappa shape index (κ3) is 4.52. The summed E-state index contributed by atoms with van der Waals surface area (Å²) in [6.45, 7) is 5.54. The molecule has 2 rings (SSSR count). The first-order valence-electron chi connectivity index (χ1n) is 7.10. The number of rotatable bonds is 5. The minimum atomic E-state index is 0.156. The number of nitrogens with one attached hydrogen (secondary N) is 2. The molecule has 20 heavy (non-hydrogen) atoms. The highest BCUT2D eigenvalue weighted by molar-refractivity contribution is 7.07. The summed E-state index contributed by atoms with van der Waals surface area (Å²) < 4.78 is 0. The van der Waals surface area contributed by atoms with Crippen LogP contribution in [0.4, 0.5) is 0 Å². The van der Waals surface area contributed by atoms with E-state index in [0.717, 1.165) is 32.5 Å². The first-order chi connectivity index (χ1) is 9.79. The van der Waals surface area contributed by atoms with E-state index < -0.39 is 0 Å². The van der Waals surface area contributed by atoms with Crippen LogP contribution in [0.25, 0.3) is 0 Å². The van der Waals surface area contributed by atoms with Crippen molar-refractivity contribution < 1.29 is 4.79 Å². The molecule has 1 aromatic rings. The van der Waals surface area contributed by atoms with Gasteiger partial charge in [-0.1, -0.05) is 0 Å². The Balaban J connectivity index is 1.81. The summed E-state index contributed by atoms with van der Waals surface area (Å²) in [6.07, 6.45) is 2.25. The molecule has 1 aliphatic rings. The molecule has 0 aliphatic carbocycles. The summed E-state index contributed by atoms with van der Waals surface area (Å²) >= 11 is 1.67. The van der Waals surface area contributed by atoms with Crippen LogP contribution in [0, 0.1) is 0 Å². The average molecular weight is 294 g/mol. The monoisotopic (exact) mass is 294 g/mol. The zero-order chi connectivity index (χ0) is 14.2. The molecule has 0 bridgehead atoms. The fourth-order valence-electron chi connectivity index (χ4n) is 2.13. The van der Waals surface area contributed by atoms with Gasteiger partial charge < -0.3 is 15.5 Å². The maximum Gasteiger partial charge on any atom is 0.241 e. The summed E-state index contributed by atoms with van der Waals surface area (Å²) in [5, 5.41) is 10.4. The Labute approximate surface area is 124 Å². The van der Waals surface area contributed by atoms with Gasteiger partial charge in [-0.15, -0.1) is 0 Å². The van der Waals surface area contributed by atoms with Crippen LogP contribution < -0.4 is 10.6 Å². The van der Waals surface area contributed by atoms with Gasteiger partial charge in [-0.25, -0.2) is 4.99 Å². The Kier molecular flexibility index (Phi) is 5.86. The second-order valence-corrected chi connectivity index (χ2v) is 5.55. The van der Waals surface area contributed by atoms with Gasteiger partial charge in [0.25, 0.3) is 0 Å². The second kappa shape index (κ2) is 7.89. The zero-order valence-corrected chi connectivity index (χ0v) is 12.7. The molecule has 110 valence electrons. The normalized spacial score (nSPS) is 15.4. The average Bonchev–Trinajstić information content (AvgIpc) is 3.13. The lowest BCUT2D eigenvalue weighted by Crippen LogP contribution is -2.44. The SMILES string of the molecule is CCNC(=NCc1ccsc1)NCC(=O)N1CCCC1. The molecule has 0 aromatic carbocycles. The van der Waals surface area contributed by atoms with Gasteiger partial charge in [-0.05, 0) is 42.2 Å². The number of amides is 1.